The van der Waals surface area contributed by atoms with Gasteiger partial charge in [0.25, 0.3) is 5.91 Å². The number of carbonyl (C=O) groups excluding carboxylic acids is 2. The Morgan fingerprint density at radius 1 is 1.03 bits per heavy atom. The fourth-order valence-corrected chi connectivity index (χ4v) is 3.33. The Labute approximate surface area is 189 Å². The molecule has 0 aliphatic carbocycles. The Morgan fingerprint density at radius 3 is 2.29 bits per heavy atom. The van der Waals surface area contributed by atoms with Crippen LogP contribution in [0, 0.1) is 0 Å². The molecule has 1 N–H and O–H groups in total. The number of rotatable bonds is 11. The number of amides is 2. The van der Waals surface area contributed by atoms with E-state index >= 15 is 0 Å². The minimum atomic E-state index is -0.640. The van der Waals surface area contributed by atoms with Crippen LogP contribution in [0.15, 0.2) is 48.5 Å². The molecule has 0 saturated heterocycles. The first kappa shape index (κ1) is 24.5. The highest BCUT2D eigenvalue weighted by atomic mass is 35.5. The number of nitrogens with zero attached hydrogens (tertiary/aromatic N) is 1. The molecule has 0 aliphatic heterocycles. The molecule has 2 amide bonds. The second kappa shape index (κ2) is 12.2. The van der Waals surface area contributed by atoms with E-state index in [2.05, 4.69) is 5.32 Å². The summed E-state index contributed by atoms with van der Waals surface area (Å²) in [6.45, 7) is 5.81. The minimum Gasteiger partial charge on any atom is -0.493 e. The van der Waals surface area contributed by atoms with Crippen molar-refractivity contribution in [2.45, 2.75) is 52.2 Å². The first-order valence-corrected chi connectivity index (χ1v) is 10.9. The molecular weight excluding hydrogens is 416 g/mol. The molecule has 0 saturated carbocycles. The van der Waals surface area contributed by atoms with Crippen molar-refractivity contribution in [2.75, 3.05) is 13.7 Å². The molecule has 168 valence electrons. The van der Waals surface area contributed by atoms with Crippen LogP contribution in [0.5, 0.6) is 11.5 Å². The number of methoxy groups -OCH3 is 1. The standard InChI is InChI=1S/C24H31ClN2O4/c1-5-17(3)26-24(29)20(6-2)27(15-18-11-7-8-12-19(18)25)23(28)16-31-22-14-10-9-13-21(22)30-4/h7-14,17,20H,5-6,15-16H2,1-4H3,(H,26,29)/t17-,20-/m1/s1. The van der Waals surface area contributed by atoms with Crippen LogP contribution in [0.4, 0.5) is 0 Å². The van der Waals surface area contributed by atoms with Gasteiger partial charge < -0.3 is 19.7 Å². The van der Waals surface area contributed by atoms with Crippen molar-refractivity contribution in [1.29, 1.82) is 0 Å². The predicted molar refractivity (Wildman–Crippen MR) is 122 cm³/mol. The SMILES string of the molecule is CC[C@@H](C)NC(=O)[C@@H](CC)N(Cc1ccccc1Cl)C(=O)COc1ccccc1OC. The third-order valence-corrected chi connectivity index (χ3v) is 5.47. The van der Waals surface area contributed by atoms with Gasteiger partial charge in [-0.2, -0.15) is 0 Å². The molecule has 2 aromatic rings. The number of para-hydroxylation sites is 2. The summed E-state index contributed by atoms with van der Waals surface area (Å²) in [6.07, 6.45) is 1.27. The summed E-state index contributed by atoms with van der Waals surface area (Å²) >= 11 is 6.33. The molecular formula is C24H31ClN2O4. The first-order valence-electron chi connectivity index (χ1n) is 10.5. The Bertz CT molecular complexity index is 874. The molecule has 31 heavy (non-hydrogen) atoms. The van der Waals surface area contributed by atoms with Crippen molar-refractivity contribution in [3.05, 3.63) is 59.1 Å². The van der Waals surface area contributed by atoms with Gasteiger partial charge in [-0.1, -0.05) is 55.8 Å². The number of nitrogens with one attached hydrogen (secondary N) is 1. The lowest BCUT2D eigenvalue weighted by molar-refractivity contribution is -0.143. The Hall–Kier alpha value is -2.73. The molecule has 2 rings (SSSR count). The maximum Gasteiger partial charge on any atom is 0.261 e. The van der Waals surface area contributed by atoms with Gasteiger partial charge in [-0.25, -0.2) is 0 Å². The van der Waals surface area contributed by atoms with Crippen molar-refractivity contribution in [3.8, 4) is 11.5 Å². The highest BCUT2D eigenvalue weighted by Crippen LogP contribution is 2.26. The summed E-state index contributed by atoms with van der Waals surface area (Å²) in [4.78, 5) is 27.7. The second-order valence-corrected chi connectivity index (χ2v) is 7.70. The molecule has 0 unspecified atom stereocenters. The van der Waals surface area contributed by atoms with Gasteiger partial charge in [-0.3, -0.25) is 9.59 Å². The number of benzene rings is 2. The van der Waals surface area contributed by atoms with Crippen LogP contribution in [0.3, 0.4) is 0 Å². The third-order valence-electron chi connectivity index (χ3n) is 5.11. The number of hydrogen-bond acceptors (Lipinski definition) is 4. The average Bonchev–Trinajstić information content (AvgIpc) is 2.78. The van der Waals surface area contributed by atoms with Gasteiger partial charge in [-0.05, 0) is 43.5 Å². The monoisotopic (exact) mass is 446 g/mol. The molecule has 0 aliphatic rings. The fraction of sp³-hybridized carbons (Fsp3) is 0.417. The van der Waals surface area contributed by atoms with Gasteiger partial charge in [0.2, 0.25) is 5.91 Å². The van der Waals surface area contributed by atoms with E-state index in [0.29, 0.717) is 22.9 Å². The van der Waals surface area contributed by atoms with Gasteiger partial charge in [0.15, 0.2) is 18.1 Å². The van der Waals surface area contributed by atoms with E-state index < -0.39 is 6.04 Å². The van der Waals surface area contributed by atoms with Crippen LogP contribution in [-0.2, 0) is 16.1 Å². The van der Waals surface area contributed by atoms with Gasteiger partial charge >= 0.3 is 0 Å². The van der Waals surface area contributed by atoms with Gasteiger partial charge in [0.05, 0.1) is 7.11 Å². The topological polar surface area (TPSA) is 67.9 Å². The molecule has 2 atom stereocenters. The zero-order valence-corrected chi connectivity index (χ0v) is 19.3. The van der Waals surface area contributed by atoms with Crippen molar-refractivity contribution in [1.82, 2.24) is 10.2 Å². The summed E-state index contributed by atoms with van der Waals surface area (Å²) in [7, 11) is 1.54. The molecule has 0 radical (unpaired) electrons. The predicted octanol–water partition coefficient (Wildman–Crippen LogP) is 4.45. The molecule has 7 heteroatoms. The third kappa shape index (κ3) is 6.89. The van der Waals surface area contributed by atoms with Crippen molar-refractivity contribution < 1.29 is 19.1 Å². The van der Waals surface area contributed by atoms with Gasteiger partial charge in [-0.15, -0.1) is 0 Å². The Morgan fingerprint density at radius 2 is 1.68 bits per heavy atom. The van der Waals surface area contributed by atoms with Gasteiger partial charge in [0.1, 0.15) is 6.04 Å². The van der Waals surface area contributed by atoms with E-state index in [1.807, 2.05) is 45.0 Å². The number of carbonyl (C=O) groups is 2. The van der Waals surface area contributed by atoms with Crippen LogP contribution in [0.2, 0.25) is 5.02 Å². The molecule has 6 nitrogen and oxygen atoms in total. The molecule has 0 fully saturated rings. The summed E-state index contributed by atoms with van der Waals surface area (Å²) in [5.41, 5.74) is 0.768. The van der Waals surface area contributed by atoms with E-state index in [-0.39, 0.29) is 31.0 Å². The summed E-state index contributed by atoms with van der Waals surface area (Å²) in [5.74, 6) is 0.509. The highest BCUT2D eigenvalue weighted by molar-refractivity contribution is 6.31. The van der Waals surface area contributed by atoms with E-state index in [1.165, 1.54) is 4.90 Å². The van der Waals surface area contributed by atoms with Crippen molar-refractivity contribution in [3.63, 3.8) is 0 Å². The van der Waals surface area contributed by atoms with Crippen LogP contribution >= 0.6 is 11.6 Å². The van der Waals surface area contributed by atoms with Crippen molar-refractivity contribution >= 4 is 23.4 Å². The summed E-state index contributed by atoms with van der Waals surface area (Å²) in [5, 5.41) is 3.53. The molecule has 0 spiro atoms. The zero-order valence-electron chi connectivity index (χ0n) is 18.6. The number of hydrogen-bond donors (Lipinski definition) is 1. The second-order valence-electron chi connectivity index (χ2n) is 7.29. The summed E-state index contributed by atoms with van der Waals surface area (Å²) < 4.78 is 11.0. The summed E-state index contributed by atoms with van der Waals surface area (Å²) in [6, 6.07) is 13.8. The van der Waals surface area contributed by atoms with E-state index in [4.69, 9.17) is 21.1 Å². The average molecular weight is 447 g/mol. The first-order chi connectivity index (χ1) is 14.9. The maximum atomic E-state index is 13.2. The highest BCUT2D eigenvalue weighted by Gasteiger charge is 2.30. The van der Waals surface area contributed by atoms with E-state index in [0.717, 1.165) is 12.0 Å². The Balaban J connectivity index is 2.25. The lowest BCUT2D eigenvalue weighted by Crippen LogP contribution is -2.51. The smallest absolute Gasteiger partial charge is 0.261 e. The van der Waals surface area contributed by atoms with Crippen LogP contribution in [-0.4, -0.2) is 42.5 Å². The lowest BCUT2D eigenvalue weighted by Gasteiger charge is -2.31. The minimum absolute atomic E-state index is 0.0173. The fourth-order valence-electron chi connectivity index (χ4n) is 3.13. The van der Waals surface area contributed by atoms with Crippen molar-refractivity contribution in [2.24, 2.45) is 0 Å². The lowest BCUT2D eigenvalue weighted by atomic mass is 10.1. The maximum absolute atomic E-state index is 13.2. The van der Waals surface area contributed by atoms with E-state index in [1.54, 1.807) is 31.4 Å². The van der Waals surface area contributed by atoms with Crippen LogP contribution in [0.1, 0.15) is 39.2 Å². The van der Waals surface area contributed by atoms with Crippen LogP contribution < -0.4 is 14.8 Å². The Kier molecular flexibility index (Phi) is 9.66. The van der Waals surface area contributed by atoms with Crippen LogP contribution in [0.25, 0.3) is 0 Å². The zero-order chi connectivity index (χ0) is 22.8. The molecule has 0 bridgehead atoms. The molecule has 2 aromatic carbocycles. The van der Waals surface area contributed by atoms with E-state index in [9.17, 15) is 9.59 Å². The molecule has 0 aromatic heterocycles. The quantitative estimate of drug-likeness (QED) is 0.553. The molecule has 0 heterocycles. The van der Waals surface area contributed by atoms with Gasteiger partial charge in [0, 0.05) is 17.6 Å². The largest absolute Gasteiger partial charge is 0.493 e. The number of ether oxygens (including phenoxy) is 2. The number of halogens is 1. The normalized spacial score (nSPS) is 12.5.